The number of hydrogen-bond acceptors (Lipinski definition) is 4. The molecule has 0 saturated carbocycles. The molecule has 14 heavy (non-hydrogen) atoms. The first-order valence-electron chi connectivity index (χ1n) is 4.40. The molecular weight excluding hydrogens is 184 g/mol. The van der Waals surface area contributed by atoms with Crippen LogP contribution in [0.25, 0.3) is 0 Å². The first kappa shape index (κ1) is 12.6. The molecule has 0 fully saturated rings. The van der Waals surface area contributed by atoms with Gasteiger partial charge in [-0.15, -0.1) is 0 Å². The number of phenolic OH excluding ortho intramolecular Hbond substituents is 3. The Balaban J connectivity index is 0.000000292. The van der Waals surface area contributed by atoms with Gasteiger partial charge >= 0.3 is 0 Å². The lowest BCUT2D eigenvalue weighted by Crippen LogP contribution is -1.84. The zero-order valence-corrected chi connectivity index (χ0v) is 8.40. The number of rotatable bonds is 2. The standard InChI is InChI=1S/C6H6O3.C4H10O/c7-4-1-2-5(8)6(9)3-4;1-3-5-4-2/h1-3,7-9H;3-4H2,1-2H3. The highest BCUT2D eigenvalue weighted by atomic mass is 16.5. The van der Waals surface area contributed by atoms with Crippen LogP contribution in [0.2, 0.25) is 0 Å². The lowest BCUT2D eigenvalue weighted by molar-refractivity contribution is 0.162. The average Bonchev–Trinajstić information content (AvgIpc) is 2.14. The number of aromatic hydroxyl groups is 3. The third-order valence-corrected chi connectivity index (χ3v) is 1.37. The molecular formula is C10H16O4. The Labute approximate surface area is 83.4 Å². The number of benzene rings is 1. The molecule has 4 heteroatoms. The van der Waals surface area contributed by atoms with Gasteiger partial charge in [-0.2, -0.15) is 0 Å². The Morgan fingerprint density at radius 3 is 1.86 bits per heavy atom. The fourth-order valence-electron chi connectivity index (χ4n) is 0.716. The van der Waals surface area contributed by atoms with E-state index < -0.39 is 0 Å². The van der Waals surface area contributed by atoms with Crippen LogP contribution in [0.5, 0.6) is 17.2 Å². The molecule has 4 nitrogen and oxygen atoms in total. The number of ether oxygens (including phenoxy) is 1. The van der Waals surface area contributed by atoms with Crippen molar-refractivity contribution in [2.75, 3.05) is 13.2 Å². The van der Waals surface area contributed by atoms with Crippen molar-refractivity contribution in [2.24, 2.45) is 0 Å². The Morgan fingerprint density at radius 2 is 1.57 bits per heavy atom. The molecule has 1 rings (SSSR count). The summed E-state index contributed by atoms with van der Waals surface area (Å²) in [5, 5.41) is 26.0. The van der Waals surface area contributed by atoms with Crippen LogP contribution in [0, 0.1) is 0 Å². The highest BCUT2D eigenvalue weighted by molar-refractivity contribution is 5.42. The summed E-state index contributed by atoms with van der Waals surface area (Å²) in [6.07, 6.45) is 0. The molecule has 0 aliphatic rings. The number of phenols is 3. The van der Waals surface area contributed by atoms with Gasteiger partial charge in [-0.25, -0.2) is 0 Å². The molecule has 0 atom stereocenters. The van der Waals surface area contributed by atoms with Crippen molar-refractivity contribution in [3.63, 3.8) is 0 Å². The summed E-state index contributed by atoms with van der Waals surface area (Å²) >= 11 is 0. The van der Waals surface area contributed by atoms with E-state index in [-0.39, 0.29) is 17.2 Å². The second-order valence-corrected chi connectivity index (χ2v) is 2.45. The summed E-state index contributed by atoms with van der Waals surface area (Å²) in [4.78, 5) is 0. The maximum Gasteiger partial charge on any atom is 0.161 e. The highest BCUT2D eigenvalue weighted by Crippen LogP contribution is 2.27. The summed E-state index contributed by atoms with van der Waals surface area (Å²) in [5.41, 5.74) is 0. The van der Waals surface area contributed by atoms with Crippen molar-refractivity contribution >= 4 is 0 Å². The minimum atomic E-state index is -0.310. The van der Waals surface area contributed by atoms with Gasteiger partial charge < -0.3 is 20.1 Å². The maximum absolute atomic E-state index is 8.69. The maximum atomic E-state index is 8.69. The van der Waals surface area contributed by atoms with Crippen LogP contribution >= 0.6 is 0 Å². The van der Waals surface area contributed by atoms with Gasteiger partial charge in [0.1, 0.15) is 5.75 Å². The van der Waals surface area contributed by atoms with Crippen LogP contribution in [0.3, 0.4) is 0 Å². The monoisotopic (exact) mass is 200 g/mol. The molecule has 0 heterocycles. The van der Waals surface area contributed by atoms with Crippen LogP contribution in [0.4, 0.5) is 0 Å². The first-order valence-corrected chi connectivity index (χ1v) is 4.40. The van der Waals surface area contributed by atoms with Crippen molar-refractivity contribution in [3.05, 3.63) is 18.2 Å². The molecule has 0 unspecified atom stereocenters. The van der Waals surface area contributed by atoms with Gasteiger partial charge in [-0.05, 0) is 26.0 Å². The predicted molar refractivity (Wildman–Crippen MR) is 53.6 cm³/mol. The van der Waals surface area contributed by atoms with E-state index in [1.807, 2.05) is 13.8 Å². The van der Waals surface area contributed by atoms with Crippen LogP contribution in [0.15, 0.2) is 18.2 Å². The van der Waals surface area contributed by atoms with Crippen molar-refractivity contribution in [1.82, 2.24) is 0 Å². The van der Waals surface area contributed by atoms with Crippen molar-refractivity contribution in [3.8, 4) is 17.2 Å². The predicted octanol–water partition coefficient (Wildman–Crippen LogP) is 1.85. The summed E-state index contributed by atoms with van der Waals surface area (Å²) in [7, 11) is 0. The summed E-state index contributed by atoms with van der Waals surface area (Å²) in [6, 6.07) is 3.56. The second-order valence-electron chi connectivity index (χ2n) is 2.45. The van der Waals surface area contributed by atoms with E-state index in [9.17, 15) is 0 Å². The minimum absolute atomic E-state index is 0.0645. The van der Waals surface area contributed by atoms with E-state index in [0.29, 0.717) is 0 Å². The highest BCUT2D eigenvalue weighted by Gasteiger charge is 1.96. The van der Waals surface area contributed by atoms with E-state index in [2.05, 4.69) is 0 Å². The Morgan fingerprint density at radius 1 is 1.00 bits per heavy atom. The van der Waals surface area contributed by atoms with Gasteiger partial charge in [-0.3, -0.25) is 0 Å². The molecule has 0 amide bonds. The molecule has 1 aromatic rings. The van der Waals surface area contributed by atoms with Crippen molar-refractivity contribution < 1.29 is 20.1 Å². The van der Waals surface area contributed by atoms with Crippen molar-refractivity contribution in [2.45, 2.75) is 13.8 Å². The zero-order valence-electron chi connectivity index (χ0n) is 8.40. The number of hydrogen-bond donors (Lipinski definition) is 3. The summed E-state index contributed by atoms with van der Waals surface area (Å²) in [6.45, 7) is 5.67. The fourth-order valence-corrected chi connectivity index (χ4v) is 0.716. The van der Waals surface area contributed by atoms with Crippen LogP contribution < -0.4 is 0 Å². The SMILES string of the molecule is CCOCC.Oc1ccc(O)c(O)c1. The second kappa shape index (κ2) is 7.03. The summed E-state index contributed by atoms with van der Waals surface area (Å²) in [5.74, 6) is -0.604. The normalized spacial score (nSPS) is 9.00. The molecule has 0 radical (unpaired) electrons. The Bertz CT molecular complexity index is 258. The van der Waals surface area contributed by atoms with E-state index in [0.717, 1.165) is 19.3 Å². The lowest BCUT2D eigenvalue weighted by atomic mass is 10.3. The summed E-state index contributed by atoms with van der Waals surface area (Å²) < 4.78 is 4.83. The third kappa shape index (κ3) is 5.27. The fraction of sp³-hybridized carbons (Fsp3) is 0.400. The van der Waals surface area contributed by atoms with E-state index in [1.165, 1.54) is 12.1 Å². The van der Waals surface area contributed by atoms with Crippen LogP contribution in [-0.4, -0.2) is 28.5 Å². The van der Waals surface area contributed by atoms with E-state index in [1.54, 1.807) is 0 Å². The van der Waals surface area contributed by atoms with E-state index in [4.69, 9.17) is 20.1 Å². The van der Waals surface area contributed by atoms with Crippen LogP contribution in [-0.2, 0) is 4.74 Å². The molecule has 0 aliphatic heterocycles. The third-order valence-electron chi connectivity index (χ3n) is 1.37. The quantitative estimate of drug-likeness (QED) is 0.503. The van der Waals surface area contributed by atoms with Gasteiger partial charge in [0.25, 0.3) is 0 Å². The molecule has 0 saturated heterocycles. The Kier molecular flexibility index (Phi) is 6.32. The largest absolute Gasteiger partial charge is 0.508 e. The van der Waals surface area contributed by atoms with Crippen molar-refractivity contribution in [1.29, 1.82) is 0 Å². The van der Waals surface area contributed by atoms with E-state index >= 15 is 0 Å². The molecule has 0 aliphatic carbocycles. The van der Waals surface area contributed by atoms with Gasteiger partial charge in [-0.1, -0.05) is 0 Å². The zero-order chi connectivity index (χ0) is 11.0. The molecule has 0 spiro atoms. The van der Waals surface area contributed by atoms with Gasteiger partial charge in [0.15, 0.2) is 11.5 Å². The molecule has 1 aromatic carbocycles. The van der Waals surface area contributed by atoms with Gasteiger partial charge in [0.05, 0.1) is 0 Å². The molecule has 0 aromatic heterocycles. The van der Waals surface area contributed by atoms with Gasteiger partial charge in [0, 0.05) is 19.3 Å². The van der Waals surface area contributed by atoms with Gasteiger partial charge in [0.2, 0.25) is 0 Å². The molecule has 3 N–H and O–H groups in total. The Hall–Kier alpha value is -1.42. The minimum Gasteiger partial charge on any atom is -0.508 e. The lowest BCUT2D eigenvalue weighted by Gasteiger charge is -1.95. The topological polar surface area (TPSA) is 69.9 Å². The molecule has 80 valence electrons. The molecule has 0 bridgehead atoms. The average molecular weight is 200 g/mol. The first-order chi connectivity index (χ1) is 6.61. The smallest absolute Gasteiger partial charge is 0.161 e. The van der Waals surface area contributed by atoms with Crippen LogP contribution in [0.1, 0.15) is 13.8 Å².